The molecule has 1 aromatic heterocycles. The zero-order valence-electron chi connectivity index (χ0n) is 18.3. The van der Waals surface area contributed by atoms with Crippen LogP contribution in [0.25, 0.3) is 5.76 Å². The molecule has 2 aromatic rings. The SMILES string of the molecule is CCCNC(=O)CCC(=O)c1cccc2c1C(O)=C(C(=O)Nc1ncc(C)s1)N(C)S2(=O)=O. The fourth-order valence-corrected chi connectivity index (χ4v) is 5.37. The first-order valence-corrected chi connectivity index (χ1v) is 12.4. The van der Waals surface area contributed by atoms with Crippen LogP contribution < -0.4 is 10.6 Å². The number of thiazole rings is 1. The minimum Gasteiger partial charge on any atom is -0.505 e. The number of amides is 2. The van der Waals surface area contributed by atoms with Gasteiger partial charge in [0.15, 0.2) is 22.4 Å². The molecule has 0 fully saturated rings. The van der Waals surface area contributed by atoms with Crippen molar-refractivity contribution in [2.45, 2.75) is 38.0 Å². The number of benzene rings is 1. The summed E-state index contributed by atoms with van der Waals surface area (Å²) in [5, 5.41) is 16.3. The maximum Gasteiger partial charge on any atom is 0.278 e. The Bertz CT molecular complexity index is 1250. The van der Waals surface area contributed by atoms with E-state index in [9.17, 15) is 27.9 Å². The van der Waals surface area contributed by atoms with Crippen LogP contribution >= 0.6 is 11.3 Å². The van der Waals surface area contributed by atoms with Crippen LogP contribution in [0.5, 0.6) is 0 Å². The Hall–Kier alpha value is -3.25. The van der Waals surface area contributed by atoms with Crippen molar-refractivity contribution >= 4 is 49.8 Å². The number of ketones is 1. The van der Waals surface area contributed by atoms with Gasteiger partial charge in [0.1, 0.15) is 0 Å². The molecule has 1 aliphatic heterocycles. The molecule has 0 spiro atoms. The Morgan fingerprint density at radius 1 is 1.21 bits per heavy atom. The monoisotopic (exact) mass is 492 g/mol. The molecular weight excluding hydrogens is 468 g/mol. The highest BCUT2D eigenvalue weighted by Crippen LogP contribution is 2.37. The van der Waals surface area contributed by atoms with Gasteiger partial charge in [0.05, 0.1) is 10.5 Å². The van der Waals surface area contributed by atoms with Gasteiger partial charge < -0.3 is 10.4 Å². The van der Waals surface area contributed by atoms with Crippen molar-refractivity contribution in [1.29, 1.82) is 0 Å². The third kappa shape index (κ3) is 4.91. The molecule has 0 radical (unpaired) electrons. The number of aliphatic hydroxyl groups is 1. The van der Waals surface area contributed by atoms with Gasteiger partial charge in [-0.15, -0.1) is 11.3 Å². The first-order chi connectivity index (χ1) is 15.6. The van der Waals surface area contributed by atoms with Crippen molar-refractivity contribution < 1.29 is 27.9 Å². The molecule has 12 heteroatoms. The predicted molar refractivity (Wildman–Crippen MR) is 123 cm³/mol. The number of nitrogens with zero attached hydrogens (tertiary/aromatic N) is 2. The molecule has 3 rings (SSSR count). The lowest BCUT2D eigenvalue weighted by atomic mass is 9.97. The number of aromatic nitrogens is 1. The molecule has 0 saturated carbocycles. The Morgan fingerprint density at radius 3 is 2.58 bits per heavy atom. The summed E-state index contributed by atoms with van der Waals surface area (Å²) in [4.78, 5) is 42.2. The first-order valence-electron chi connectivity index (χ1n) is 10.2. The van der Waals surface area contributed by atoms with Crippen molar-refractivity contribution in [1.82, 2.24) is 14.6 Å². The van der Waals surface area contributed by atoms with E-state index < -0.39 is 33.2 Å². The molecule has 1 aliphatic rings. The smallest absolute Gasteiger partial charge is 0.278 e. The Labute approximate surface area is 195 Å². The summed E-state index contributed by atoms with van der Waals surface area (Å²) in [5.41, 5.74) is -0.869. The lowest BCUT2D eigenvalue weighted by molar-refractivity contribution is -0.121. The molecule has 0 bridgehead atoms. The fraction of sp³-hybridized carbons (Fsp3) is 0.333. The van der Waals surface area contributed by atoms with E-state index in [1.54, 1.807) is 13.1 Å². The number of Topliss-reactive ketones (excluding diaryl/α,β-unsaturated/α-hetero) is 1. The van der Waals surface area contributed by atoms with Crippen LogP contribution in [0.4, 0.5) is 5.13 Å². The van der Waals surface area contributed by atoms with Gasteiger partial charge in [-0.05, 0) is 19.4 Å². The van der Waals surface area contributed by atoms with Gasteiger partial charge in [-0.1, -0.05) is 19.1 Å². The Morgan fingerprint density at radius 2 is 1.94 bits per heavy atom. The van der Waals surface area contributed by atoms with Gasteiger partial charge in [0.25, 0.3) is 15.9 Å². The van der Waals surface area contributed by atoms with Gasteiger partial charge in [0.2, 0.25) is 5.91 Å². The molecule has 2 amide bonds. The van der Waals surface area contributed by atoms with Crippen LogP contribution in [0.2, 0.25) is 0 Å². The number of hydrogen-bond acceptors (Lipinski definition) is 8. The lowest BCUT2D eigenvalue weighted by Crippen LogP contribution is -2.37. The summed E-state index contributed by atoms with van der Waals surface area (Å²) in [5.74, 6) is -2.37. The van der Waals surface area contributed by atoms with Crippen LogP contribution in [-0.4, -0.2) is 54.0 Å². The van der Waals surface area contributed by atoms with Gasteiger partial charge >= 0.3 is 0 Å². The average Bonchev–Trinajstić information content (AvgIpc) is 3.18. The molecule has 0 saturated heterocycles. The fourth-order valence-electron chi connectivity index (χ4n) is 3.29. The number of carbonyl (C=O) groups is 3. The van der Waals surface area contributed by atoms with Gasteiger partial charge in [-0.25, -0.2) is 13.4 Å². The summed E-state index contributed by atoms with van der Waals surface area (Å²) in [6.45, 7) is 4.18. The van der Waals surface area contributed by atoms with E-state index in [1.807, 2.05) is 6.92 Å². The summed E-state index contributed by atoms with van der Waals surface area (Å²) in [7, 11) is -3.09. The minimum absolute atomic E-state index is 0.0830. The number of sulfonamides is 1. The third-order valence-electron chi connectivity index (χ3n) is 4.95. The Kier molecular flexibility index (Phi) is 7.18. The van der Waals surface area contributed by atoms with E-state index in [2.05, 4.69) is 15.6 Å². The third-order valence-corrected chi connectivity index (χ3v) is 7.58. The maximum absolute atomic E-state index is 13.1. The highest BCUT2D eigenvalue weighted by Gasteiger charge is 2.40. The second-order valence-corrected chi connectivity index (χ2v) is 10.5. The Balaban J connectivity index is 2.00. The zero-order chi connectivity index (χ0) is 24.3. The van der Waals surface area contributed by atoms with Crippen molar-refractivity contribution in [3.05, 3.63) is 46.1 Å². The standard InChI is InChI=1S/C21H24N4O6S2/c1-4-10-22-16(27)9-8-14(26)13-6-5-7-15-17(13)19(28)18(25(3)33(15,30)31)20(29)24-21-23-11-12(2)32-21/h5-7,11,28H,4,8-10H2,1-3H3,(H,22,27)(H,23,24,29). The van der Waals surface area contributed by atoms with E-state index in [4.69, 9.17) is 0 Å². The normalized spacial score (nSPS) is 14.6. The largest absolute Gasteiger partial charge is 0.505 e. The van der Waals surface area contributed by atoms with Crippen molar-refractivity contribution in [3.8, 4) is 0 Å². The molecule has 33 heavy (non-hydrogen) atoms. The first kappa shape index (κ1) is 24.4. The van der Waals surface area contributed by atoms with Crippen molar-refractivity contribution in [2.75, 3.05) is 18.9 Å². The predicted octanol–water partition coefficient (Wildman–Crippen LogP) is 2.44. The van der Waals surface area contributed by atoms with Crippen LogP contribution in [0, 0.1) is 6.92 Å². The van der Waals surface area contributed by atoms with E-state index in [-0.39, 0.29) is 39.9 Å². The topological polar surface area (TPSA) is 146 Å². The molecule has 3 N–H and O–H groups in total. The molecule has 1 aromatic carbocycles. The number of nitrogens with one attached hydrogen (secondary N) is 2. The highest BCUT2D eigenvalue weighted by molar-refractivity contribution is 7.89. The number of carbonyl (C=O) groups excluding carboxylic acids is 3. The molecule has 10 nitrogen and oxygen atoms in total. The van der Waals surface area contributed by atoms with E-state index in [1.165, 1.54) is 29.5 Å². The maximum atomic E-state index is 13.1. The van der Waals surface area contributed by atoms with E-state index in [0.29, 0.717) is 10.8 Å². The molecular formula is C21H24N4O6S2. The highest BCUT2D eigenvalue weighted by atomic mass is 32.2. The van der Waals surface area contributed by atoms with Gasteiger partial charge in [-0.3, -0.25) is 24.0 Å². The molecule has 0 aliphatic carbocycles. The number of anilines is 1. The number of aryl methyl sites for hydroxylation is 1. The van der Waals surface area contributed by atoms with E-state index in [0.717, 1.165) is 18.3 Å². The number of fused-ring (bicyclic) bond motifs is 1. The van der Waals surface area contributed by atoms with Crippen LogP contribution in [-0.2, 0) is 19.6 Å². The van der Waals surface area contributed by atoms with Crippen LogP contribution in [0.1, 0.15) is 47.0 Å². The van der Waals surface area contributed by atoms with E-state index >= 15 is 0 Å². The molecule has 2 heterocycles. The second kappa shape index (κ2) is 9.71. The van der Waals surface area contributed by atoms with Crippen LogP contribution in [0.3, 0.4) is 0 Å². The van der Waals surface area contributed by atoms with Crippen molar-refractivity contribution in [3.63, 3.8) is 0 Å². The minimum atomic E-state index is -4.23. The number of hydrogen-bond donors (Lipinski definition) is 3. The quantitative estimate of drug-likeness (QED) is 0.480. The summed E-state index contributed by atoms with van der Waals surface area (Å²) >= 11 is 1.18. The number of aliphatic hydroxyl groups excluding tert-OH is 1. The average molecular weight is 493 g/mol. The van der Waals surface area contributed by atoms with Crippen molar-refractivity contribution in [2.24, 2.45) is 0 Å². The molecule has 176 valence electrons. The lowest BCUT2D eigenvalue weighted by Gasteiger charge is -2.29. The molecule has 0 atom stereocenters. The second-order valence-electron chi connectivity index (χ2n) is 7.35. The molecule has 0 unspecified atom stereocenters. The zero-order valence-corrected chi connectivity index (χ0v) is 20.0. The van der Waals surface area contributed by atoms with Gasteiger partial charge in [0, 0.05) is 43.1 Å². The summed E-state index contributed by atoms with van der Waals surface area (Å²) in [6.07, 6.45) is 2.02. The van der Waals surface area contributed by atoms with Gasteiger partial charge in [-0.2, -0.15) is 0 Å². The van der Waals surface area contributed by atoms with Crippen LogP contribution in [0.15, 0.2) is 35.0 Å². The summed E-state index contributed by atoms with van der Waals surface area (Å²) in [6, 6.07) is 3.99. The number of likely N-dealkylation sites (N-methyl/N-ethyl adjacent to an activating group) is 1. The number of rotatable bonds is 8. The summed E-state index contributed by atoms with van der Waals surface area (Å²) < 4.78 is 26.9.